The van der Waals surface area contributed by atoms with Gasteiger partial charge in [0.1, 0.15) is 0 Å². The van der Waals surface area contributed by atoms with Gasteiger partial charge in [0.2, 0.25) is 0 Å². The maximum Gasteiger partial charge on any atom is -0.0252 e. The summed E-state index contributed by atoms with van der Waals surface area (Å²) in [6.45, 7) is 4.43. The topological polar surface area (TPSA) is 0 Å². The molecule has 0 fully saturated rings. The van der Waals surface area contributed by atoms with E-state index in [0.29, 0.717) is 0 Å². The van der Waals surface area contributed by atoms with Crippen LogP contribution >= 0.6 is 8.58 Å². The highest BCUT2D eigenvalue weighted by molar-refractivity contribution is 7.41. The van der Waals surface area contributed by atoms with Crippen molar-refractivity contribution in [3.63, 3.8) is 0 Å². The van der Waals surface area contributed by atoms with E-state index in [1.54, 1.807) is 0 Å². The van der Waals surface area contributed by atoms with Crippen molar-refractivity contribution >= 4 is 8.58 Å². The Kier molecular flexibility index (Phi) is 8.32. The number of hydrogen-bond donors (Lipinski definition) is 0. The van der Waals surface area contributed by atoms with Crippen LogP contribution in [-0.2, 0) is 0 Å². The Labute approximate surface area is 60.5 Å². The quantitative estimate of drug-likeness (QED) is 0.407. The van der Waals surface area contributed by atoms with E-state index in [4.69, 9.17) is 0 Å². The van der Waals surface area contributed by atoms with Gasteiger partial charge < -0.3 is 0 Å². The van der Waals surface area contributed by atoms with Gasteiger partial charge in [-0.25, -0.2) is 0 Å². The van der Waals surface area contributed by atoms with E-state index >= 15 is 0 Å². The number of allylic oxidation sites excluding steroid dienone is 1. The average Bonchev–Trinajstić information content (AvgIpc) is 1.89. The molecule has 1 heteroatoms. The monoisotopic (exact) mass is 143 g/mol. The third-order valence-corrected chi connectivity index (χ3v) is 2.15. The predicted molar refractivity (Wildman–Crippen MR) is 46.1 cm³/mol. The molecule has 9 heavy (non-hydrogen) atoms. The first-order chi connectivity index (χ1) is 4.41. The van der Waals surface area contributed by atoms with Crippen LogP contribution in [0, 0.1) is 0 Å². The Morgan fingerprint density at radius 3 is 2.56 bits per heavy atom. The molecule has 0 aliphatic carbocycles. The van der Waals surface area contributed by atoms with Gasteiger partial charge in [0.25, 0.3) is 0 Å². The predicted octanol–water partition coefficient (Wildman–Crippen LogP) is 3.66. The van der Waals surface area contributed by atoms with Gasteiger partial charge in [0, 0.05) is 0 Å². The van der Waals surface area contributed by atoms with Gasteiger partial charge in [-0.1, -0.05) is 47.2 Å². The van der Waals surface area contributed by atoms with E-state index in [0.717, 1.165) is 0 Å². The third kappa shape index (κ3) is 8.17. The Balaban J connectivity index is 2.86. The summed E-state index contributed by atoms with van der Waals surface area (Å²) in [6, 6.07) is 0. The van der Waals surface area contributed by atoms with Crippen molar-refractivity contribution in [3.8, 4) is 0 Å². The second kappa shape index (κ2) is 8.17. The van der Waals surface area contributed by atoms with E-state index in [9.17, 15) is 0 Å². The molecule has 0 bridgehead atoms. The molecular weight excluding hydrogens is 127 g/mol. The van der Waals surface area contributed by atoms with Crippen molar-refractivity contribution in [1.82, 2.24) is 0 Å². The molecule has 0 aromatic heterocycles. The minimum Gasteiger partial charge on any atom is -0.0837 e. The summed E-state index contributed by atoms with van der Waals surface area (Å²) < 4.78 is 0. The molecule has 0 aliphatic heterocycles. The van der Waals surface area contributed by atoms with E-state index < -0.39 is 0 Å². The smallest absolute Gasteiger partial charge is 0.0252 e. The van der Waals surface area contributed by atoms with Gasteiger partial charge in [-0.05, 0) is 12.6 Å². The molecule has 0 aromatic rings. The van der Waals surface area contributed by atoms with Gasteiger partial charge in [-0.3, -0.25) is 0 Å². The van der Waals surface area contributed by atoms with Crippen molar-refractivity contribution < 1.29 is 0 Å². The van der Waals surface area contributed by atoms with Gasteiger partial charge >= 0.3 is 0 Å². The molecule has 0 amide bonds. The van der Waals surface area contributed by atoms with Crippen molar-refractivity contribution in [2.75, 3.05) is 6.16 Å². The second-order valence-electron chi connectivity index (χ2n) is 2.08. The fourth-order valence-electron chi connectivity index (χ4n) is 0.519. The van der Waals surface area contributed by atoms with Crippen LogP contribution in [0.15, 0.2) is 11.9 Å². The van der Waals surface area contributed by atoms with Crippen LogP contribution in [0.3, 0.4) is 0 Å². The van der Waals surface area contributed by atoms with Crippen LogP contribution in [0.4, 0.5) is 0 Å². The average molecular weight is 143 g/mol. The highest BCUT2D eigenvalue weighted by Crippen LogP contribution is 2.12. The minimum atomic E-state index is 1.25. The van der Waals surface area contributed by atoms with Crippen LogP contribution in [0.2, 0.25) is 0 Å². The maximum atomic E-state index is 2.28. The zero-order valence-electron chi connectivity index (χ0n) is 6.43. The molecule has 0 nitrogen and oxygen atoms in total. The van der Waals surface area contributed by atoms with Gasteiger partial charge in [-0.15, -0.1) is 0 Å². The summed E-state index contributed by atoms with van der Waals surface area (Å²) >= 11 is 0. The molecule has 0 rings (SSSR count). The van der Waals surface area contributed by atoms with Gasteiger partial charge in [0.05, 0.1) is 0 Å². The van der Waals surface area contributed by atoms with Crippen molar-refractivity contribution in [3.05, 3.63) is 11.9 Å². The minimum absolute atomic E-state index is 1.25. The summed E-state index contributed by atoms with van der Waals surface area (Å²) in [4.78, 5) is 0. The Morgan fingerprint density at radius 1 is 1.22 bits per heavy atom. The van der Waals surface area contributed by atoms with Crippen LogP contribution in [0.1, 0.15) is 33.1 Å². The van der Waals surface area contributed by atoms with Gasteiger partial charge in [0.15, 0.2) is 0 Å². The van der Waals surface area contributed by atoms with Gasteiger partial charge in [-0.2, -0.15) is 0 Å². The summed E-state index contributed by atoms with van der Waals surface area (Å²) in [5.41, 5.74) is 0. The molecule has 0 aliphatic rings. The maximum absolute atomic E-state index is 2.28. The molecule has 1 radical (unpaired) electrons. The molecule has 0 unspecified atom stereocenters. The largest absolute Gasteiger partial charge is 0.0837 e. The number of unbranched alkanes of at least 4 members (excludes halogenated alkanes) is 1. The molecule has 0 N–H and O–H groups in total. The zero-order valence-corrected chi connectivity index (χ0v) is 7.32. The highest BCUT2D eigenvalue weighted by atomic mass is 31.1. The summed E-state index contributed by atoms with van der Waals surface area (Å²) in [7, 11) is 1.49. The fraction of sp³-hybridized carbons (Fsp3) is 0.750. The van der Waals surface area contributed by atoms with E-state index in [2.05, 4.69) is 25.7 Å². The summed E-state index contributed by atoms with van der Waals surface area (Å²) in [5.74, 6) is 2.27. The molecule has 53 valence electrons. The molecule has 0 saturated carbocycles. The van der Waals surface area contributed by atoms with E-state index in [1.165, 1.54) is 34.0 Å². The second-order valence-corrected chi connectivity index (χ2v) is 3.19. The van der Waals surface area contributed by atoms with Crippen molar-refractivity contribution in [2.24, 2.45) is 0 Å². The normalized spacial score (nSPS) is 12.2. The fourth-order valence-corrected chi connectivity index (χ4v) is 1.22. The first kappa shape index (κ1) is 9.17. The lowest BCUT2D eigenvalue weighted by atomic mass is 10.3. The SMILES string of the molecule is CCCC=C[P]CCC. The highest BCUT2D eigenvalue weighted by Gasteiger charge is 1.77. The lowest BCUT2D eigenvalue weighted by Crippen LogP contribution is -1.64. The lowest BCUT2D eigenvalue weighted by Gasteiger charge is -1.86. The lowest BCUT2D eigenvalue weighted by molar-refractivity contribution is 0.960. The third-order valence-electron chi connectivity index (χ3n) is 1.02. The van der Waals surface area contributed by atoms with Crippen LogP contribution in [0.5, 0.6) is 0 Å². The Hall–Kier alpha value is 0.170. The van der Waals surface area contributed by atoms with Crippen molar-refractivity contribution in [1.29, 1.82) is 0 Å². The first-order valence-electron chi connectivity index (χ1n) is 3.73. The summed E-state index contributed by atoms with van der Waals surface area (Å²) in [5, 5.41) is 0. The zero-order chi connectivity index (χ0) is 6.95. The number of rotatable bonds is 5. The van der Waals surface area contributed by atoms with E-state index in [1.807, 2.05) is 0 Å². The molecular formula is C8H16P. The first-order valence-corrected chi connectivity index (χ1v) is 4.88. The number of hydrogen-bond acceptors (Lipinski definition) is 0. The molecule has 0 heterocycles. The Morgan fingerprint density at radius 2 is 2.00 bits per heavy atom. The molecule has 0 atom stereocenters. The van der Waals surface area contributed by atoms with Crippen LogP contribution in [0.25, 0.3) is 0 Å². The van der Waals surface area contributed by atoms with E-state index in [-0.39, 0.29) is 0 Å². The molecule has 0 saturated heterocycles. The molecule has 0 aromatic carbocycles. The summed E-state index contributed by atoms with van der Waals surface area (Å²) in [6.07, 6.45) is 7.42. The molecule has 0 spiro atoms. The van der Waals surface area contributed by atoms with Crippen LogP contribution in [-0.4, -0.2) is 6.16 Å². The standard InChI is InChI=1S/C8H16P/c1-3-5-6-8-9-7-4-2/h6,8H,3-5,7H2,1-2H3. The van der Waals surface area contributed by atoms with Crippen LogP contribution < -0.4 is 0 Å². The Bertz CT molecular complexity index is 67.0. The van der Waals surface area contributed by atoms with Crippen molar-refractivity contribution in [2.45, 2.75) is 33.1 Å².